The Hall–Kier alpha value is 0.0100. The third-order valence-corrected chi connectivity index (χ3v) is 4.47. The molecule has 2 heteroatoms. The van der Waals surface area contributed by atoms with Crippen LogP contribution in [0.3, 0.4) is 0 Å². The fourth-order valence-electron chi connectivity index (χ4n) is 2.63. The number of rotatable bonds is 1. The van der Waals surface area contributed by atoms with E-state index < -0.39 is 0 Å². The average Bonchev–Trinajstić information content (AvgIpc) is 2.92. The predicted octanol–water partition coefficient (Wildman–Crippen LogP) is 3.28. The summed E-state index contributed by atoms with van der Waals surface area (Å²) in [5.74, 6) is 1.96. The number of allylic oxidation sites excluding steroid dienone is 2. The molecule has 0 spiro atoms. The molecule has 0 saturated heterocycles. The first-order valence-electron chi connectivity index (χ1n) is 5.19. The van der Waals surface area contributed by atoms with E-state index in [9.17, 15) is 0 Å². The van der Waals surface area contributed by atoms with Crippen LogP contribution in [-0.4, -0.2) is 9.66 Å². The molecule has 0 aromatic rings. The number of nitrogens with zero attached hydrogens (tertiary/aromatic N) is 1. The lowest BCUT2D eigenvalue weighted by Crippen LogP contribution is -2.10. The minimum atomic E-state index is 0.916. The van der Waals surface area contributed by atoms with Crippen molar-refractivity contribution in [1.29, 1.82) is 0 Å². The standard InChI is InChI=1S/C11H14IN/c12-13-7-6-10-9(8-4-5-8)2-1-3-11(10)13/h1,3,8-9H,2,4-7H2. The van der Waals surface area contributed by atoms with E-state index in [-0.39, 0.29) is 0 Å². The summed E-state index contributed by atoms with van der Waals surface area (Å²) in [7, 11) is 0. The number of hydrogen-bond acceptors (Lipinski definition) is 1. The van der Waals surface area contributed by atoms with Gasteiger partial charge >= 0.3 is 0 Å². The highest BCUT2D eigenvalue weighted by Crippen LogP contribution is 2.48. The van der Waals surface area contributed by atoms with Crippen molar-refractivity contribution < 1.29 is 0 Å². The van der Waals surface area contributed by atoms with Gasteiger partial charge in [-0.15, -0.1) is 0 Å². The van der Waals surface area contributed by atoms with Crippen LogP contribution in [0, 0.1) is 11.8 Å². The molecule has 1 unspecified atom stereocenters. The Morgan fingerprint density at radius 1 is 1.38 bits per heavy atom. The minimum absolute atomic E-state index is 0.916. The van der Waals surface area contributed by atoms with Gasteiger partial charge in [-0.05, 0) is 49.2 Å². The molecule has 1 saturated carbocycles. The first-order valence-corrected chi connectivity index (χ1v) is 6.15. The van der Waals surface area contributed by atoms with Gasteiger partial charge in [0.15, 0.2) is 0 Å². The van der Waals surface area contributed by atoms with Gasteiger partial charge in [0, 0.05) is 12.2 Å². The molecule has 1 atom stereocenters. The second-order valence-electron chi connectivity index (χ2n) is 4.33. The van der Waals surface area contributed by atoms with Crippen molar-refractivity contribution in [3.05, 3.63) is 23.4 Å². The Bertz CT molecular complexity index is 288. The summed E-state index contributed by atoms with van der Waals surface area (Å²) < 4.78 is 2.39. The van der Waals surface area contributed by atoms with Crippen LogP contribution >= 0.6 is 22.9 Å². The zero-order valence-electron chi connectivity index (χ0n) is 7.67. The second-order valence-corrected chi connectivity index (χ2v) is 5.49. The summed E-state index contributed by atoms with van der Waals surface area (Å²) in [6.45, 7) is 1.23. The van der Waals surface area contributed by atoms with Crippen molar-refractivity contribution in [3.8, 4) is 0 Å². The monoisotopic (exact) mass is 287 g/mol. The third kappa shape index (κ3) is 1.34. The summed E-state index contributed by atoms with van der Waals surface area (Å²) in [6, 6.07) is 0. The maximum Gasteiger partial charge on any atom is 0.0591 e. The highest BCUT2D eigenvalue weighted by molar-refractivity contribution is 14.1. The fraction of sp³-hybridized carbons (Fsp3) is 0.636. The maximum absolute atomic E-state index is 2.44. The molecule has 1 nitrogen and oxygen atoms in total. The van der Waals surface area contributed by atoms with E-state index in [1.807, 2.05) is 0 Å². The minimum Gasteiger partial charge on any atom is -0.315 e. The van der Waals surface area contributed by atoms with Gasteiger partial charge in [-0.2, -0.15) is 0 Å². The van der Waals surface area contributed by atoms with Crippen LogP contribution in [0.15, 0.2) is 23.4 Å². The first-order chi connectivity index (χ1) is 6.36. The van der Waals surface area contributed by atoms with E-state index >= 15 is 0 Å². The van der Waals surface area contributed by atoms with Gasteiger partial charge in [-0.25, -0.2) is 0 Å². The normalized spacial score (nSPS) is 32.7. The van der Waals surface area contributed by atoms with Gasteiger partial charge in [0.2, 0.25) is 0 Å². The van der Waals surface area contributed by atoms with Crippen molar-refractivity contribution in [2.75, 3.05) is 6.54 Å². The van der Waals surface area contributed by atoms with Crippen molar-refractivity contribution >= 4 is 22.9 Å². The molecule has 1 fully saturated rings. The van der Waals surface area contributed by atoms with E-state index in [0.717, 1.165) is 11.8 Å². The molecule has 0 amide bonds. The van der Waals surface area contributed by atoms with E-state index in [2.05, 4.69) is 38.1 Å². The quantitative estimate of drug-likeness (QED) is 0.528. The Labute approximate surface area is 93.4 Å². The van der Waals surface area contributed by atoms with E-state index in [1.54, 1.807) is 5.57 Å². The third-order valence-electron chi connectivity index (χ3n) is 3.47. The molecule has 3 rings (SSSR count). The zero-order chi connectivity index (χ0) is 8.84. The lowest BCUT2D eigenvalue weighted by molar-refractivity contribution is 0.527. The molecule has 0 radical (unpaired) electrons. The fourth-order valence-corrected chi connectivity index (χ4v) is 3.34. The van der Waals surface area contributed by atoms with Crippen LogP contribution in [0.2, 0.25) is 0 Å². The van der Waals surface area contributed by atoms with Crippen LogP contribution in [0.1, 0.15) is 25.7 Å². The van der Waals surface area contributed by atoms with E-state index in [0.29, 0.717) is 0 Å². The summed E-state index contributed by atoms with van der Waals surface area (Å²) in [5.41, 5.74) is 3.29. The predicted molar refractivity (Wildman–Crippen MR) is 62.3 cm³/mol. The van der Waals surface area contributed by atoms with Gasteiger partial charge in [0.05, 0.1) is 22.9 Å². The number of hydrogen-bond donors (Lipinski definition) is 0. The van der Waals surface area contributed by atoms with Crippen LogP contribution in [0.25, 0.3) is 0 Å². The van der Waals surface area contributed by atoms with Crippen molar-refractivity contribution in [2.24, 2.45) is 11.8 Å². The Kier molecular flexibility index (Phi) is 1.93. The summed E-state index contributed by atoms with van der Waals surface area (Å²) >= 11 is 2.44. The molecule has 1 aliphatic heterocycles. The smallest absolute Gasteiger partial charge is 0.0591 e. The lowest BCUT2D eigenvalue weighted by Gasteiger charge is -2.21. The van der Waals surface area contributed by atoms with Crippen LogP contribution < -0.4 is 0 Å². The summed E-state index contributed by atoms with van der Waals surface area (Å²) in [4.78, 5) is 0. The first kappa shape index (κ1) is 8.33. The molecule has 0 bridgehead atoms. The Morgan fingerprint density at radius 2 is 2.23 bits per heavy atom. The van der Waals surface area contributed by atoms with E-state index in [1.165, 1.54) is 37.9 Å². The summed E-state index contributed by atoms with van der Waals surface area (Å²) in [5, 5.41) is 0. The van der Waals surface area contributed by atoms with E-state index in [4.69, 9.17) is 0 Å². The molecule has 0 aromatic heterocycles. The van der Waals surface area contributed by atoms with Crippen LogP contribution in [0.5, 0.6) is 0 Å². The topological polar surface area (TPSA) is 3.24 Å². The maximum atomic E-state index is 2.44. The highest BCUT2D eigenvalue weighted by Gasteiger charge is 2.37. The van der Waals surface area contributed by atoms with Crippen LogP contribution in [-0.2, 0) is 0 Å². The largest absolute Gasteiger partial charge is 0.315 e. The van der Waals surface area contributed by atoms with Crippen molar-refractivity contribution in [3.63, 3.8) is 0 Å². The lowest BCUT2D eigenvalue weighted by atomic mass is 9.86. The molecule has 3 aliphatic rings. The molecule has 70 valence electrons. The second kappa shape index (κ2) is 3.01. The van der Waals surface area contributed by atoms with Gasteiger partial charge in [0.25, 0.3) is 0 Å². The summed E-state index contributed by atoms with van der Waals surface area (Å²) in [6.07, 6.45) is 10.3. The number of halogens is 1. The Morgan fingerprint density at radius 3 is 3.00 bits per heavy atom. The molecule has 2 aliphatic carbocycles. The SMILES string of the molecule is IN1CCC2=C1C=CCC2C1CC1. The molecular formula is C11H14IN. The van der Waals surface area contributed by atoms with Crippen LogP contribution in [0.4, 0.5) is 0 Å². The molecular weight excluding hydrogens is 273 g/mol. The zero-order valence-corrected chi connectivity index (χ0v) is 9.83. The molecule has 0 aromatic carbocycles. The molecule has 1 heterocycles. The van der Waals surface area contributed by atoms with Crippen molar-refractivity contribution in [1.82, 2.24) is 3.11 Å². The highest BCUT2D eigenvalue weighted by atomic mass is 127. The van der Waals surface area contributed by atoms with Gasteiger partial charge in [-0.1, -0.05) is 6.08 Å². The van der Waals surface area contributed by atoms with Gasteiger partial charge in [0.1, 0.15) is 0 Å². The van der Waals surface area contributed by atoms with Gasteiger partial charge in [-0.3, -0.25) is 0 Å². The molecule has 0 N–H and O–H groups in total. The van der Waals surface area contributed by atoms with Crippen molar-refractivity contribution in [2.45, 2.75) is 25.7 Å². The van der Waals surface area contributed by atoms with Gasteiger partial charge < -0.3 is 3.11 Å². The molecule has 13 heavy (non-hydrogen) atoms. The Balaban J connectivity index is 1.92. The average molecular weight is 287 g/mol.